The minimum atomic E-state index is -0.439. The lowest BCUT2D eigenvalue weighted by Gasteiger charge is -2.42. The normalized spacial score (nSPS) is 20.2. The molecule has 1 aromatic rings. The van der Waals surface area contributed by atoms with Gasteiger partial charge in [0.15, 0.2) is 6.61 Å². The number of rotatable bonds is 3. The van der Waals surface area contributed by atoms with Crippen LogP contribution in [0.1, 0.15) is 20.3 Å². The van der Waals surface area contributed by atoms with Crippen molar-refractivity contribution in [1.82, 2.24) is 4.90 Å². The summed E-state index contributed by atoms with van der Waals surface area (Å²) in [6, 6.07) is 3.91. The molecule has 2 rings (SSSR count). The zero-order valence-electron chi connectivity index (χ0n) is 12.6. The fourth-order valence-electron chi connectivity index (χ4n) is 2.41. The van der Waals surface area contributed by atoms with Gasteiger partial charge < -0.3 is 15.4 Å². The molecule has 4 nitrogen and oxygen atoms in total. The smallest absolute Gasteiger partial charge is 0.260 e. The Bertz CT molecular complexity index is 540. The number of nitrogens with zero attached hydrogens (tertiary/aromatic N) is 1. The van der Waals surface area contributed by atoms with E-state index in [2.05, 4.69) is 13.8 Å². The molecule has 1 unspecified atom stereocenters. The van der Waals surface area contributed by atoms with Crippen LogP contribution in [0.15, 0.2) is 18.2 Å². The second-order valence-electron chi connectivity index (χ2n) is 6.06. The van der Waals surface area contributed by atoms with Gasteiger partial charge in [0.05, 0.1) is 5.02 Å². The van der Waals surface area contributed by atoms with Crippen LogP contribution in [0.5, 0.6) is 5.75 Å². The second-order valence-corrected chi connectivity index (χ2v) is 6.47. The Morgan fingerprint density at radius 2 is 2.23 bits per heavy atom. The predicted molar refractivity (Wildman–Crippen MR) is 87.1 cm³/mol. The van der Waals surface area contributed by atoms with Crippen LogP contribution in [0.4, 0.5) is 4.39 Å². The first-order valence-electron chi connectivity index (χ1n) is 6.91. The van der Waals surface area contributed by atoms with E-state index >= 15 is 0 Å². The molecule has 1 saturated heterocycles. The van der Waals surface area contributed by atoms with Crippen LogP contribution in [0.2, 0.25) is 5.02 Å². The van der Waals surface area contributed by atoms with Crippen LogP contribution < -0.4 is 10.5 Å². The summed E-state index contributed by atoms with van der Waals surface area (Å²) in [7, 11) is 0. The molecule has 1 aliphatic rings. The van der Waals surface area contributed by atoms with Gasteiger partial charge in [0.25, 0.3) is 5.91 Å². The van der Waals surface area contributed by atoms with Gasteiger partial charge in [-0.2, -0.15) is 0 Å². The summed E-state index contributed by atoms with van der Waals surface area (Å²) in [5.41, 5.74) is 5.94. The van der Waals surface area contributed by atoms with Crippen molar-refractivity contribution in [3.05, 3.63) is 29.0 Å². The molecule has 7 heteroatoms. The van der Waals surface area contributed by atoms with E-state index in [-0.39, 0.29) is 41.4 Å². The molecule has 1 atom stereocenters. The molecule has 2 N–H and O–H groups in total. The third-order valence-electron chi connectivity index (χ3n) is 3.91. The summed E-state index contributed by atoms with van der Waals surface area (Å²) in [5, 5.41) is 0.156. The summed E-state index contributed by atoms with van der Waals surface area (Å²) in [6.45, 7) is 5.22. The standard InChI is InChI=1S/C15H20ClFN2O2.ClH/c1-15(2)9-19(6-5-13(15)18)14(20)8-21-12-4-3-10(17)7-11(12)16;/h3-4,7,13H,5-6,8-9,18H2,1-2H3;1H. The number of carbonyl (C=O) groups excluding carboxylic acids is 1. The van der Waals surface area contributed by atoms with Gasteiger partial charge in [-0.1, -0.05) is 25.4 Å². The minimum Gasteiger partial charge on any atom is -0.482 e. The van der Waals surface area contributed by atoms with E-state index in [1.807, 2.05) is 0 Å². The Balaban J connectivity index is 0.00000242. The van der Waals surface area contributed by atoms with Crippen LogP contribution in [-0.4, -0.2) is 36.5 Å². The highest BCUT2D eigenvalue weighted by Gasteiger charge is 2.35. The number of likely N-dealkylation sites (tertiary alicyclic amines) is 1. The first-order valence-corrected chi connectivity index (χ1v) is 7.28. The van der Waals surface area contributed by atoms with E-state index in [4.69, 9.17) is 22.1 Å². The summed E-state index contributed by atoms with van der Waals surface area (Å²) in [5.74, 6) is -0.250. The van der Waals surface area contributed by atoms with Gasteiger partial charge in [-0.25, -0.2) is 4.39 Å². The van der Waals surface area contributed by atoms with Crippen molar-refractivity contribution in [1.29, 1.82) is 0 Å². The summed E-state index contributed by atoms with van der Waals surface area (Å²) < 4.78 is 18.3. The molecular formula is C15H21Cl2FN2O2. The fraction of sp³-hybridized carbons (Fsp3) is 0.533. The average Bonchev–Trinajstić information content (AvgIpc) is 2.40. The first kappa shape index (κ1) is 19.0. The van der Waals surface area contributed by atoms with Crippen molar-refractivity contribution in [3.63, 3.8) is 0 Å². The number of ether oxygens (including phenoxy) is 1. The van der Waals surface area contributed by atoms with Crippen molar-refractivity contribution >= 4 is 29.9 Å². The third-order valence-corrected chi connectivity index (χ3v) is 4.21. The molecule has 0 saturated carbocycles. The lowest BCUT2D eigenvalue weighted by Crippen LogP contribution is -2.54. The highest BCUT2D eigenvalue weighted by atomic mass is 35.5. The summed E-state index contributed by atoms with van der Waals surface area (Å²) >= 11 is 5.86. The Morgan fingerprint density at radius 3 is 2.82 bits per heavy atom. The maximum absolute atomic E-state index is 12.9. The van der Waals surface area contributed by atoms with E-state index in [9.17, 15) is 9.18 Å². The highest BCUT2D eigenvalue weighted by molar-refractivity contribution is 6.32. The monoisotopic (exact) mass is 350 g/mol. The fourth-order valence-corrected chi connectivity index (χ4v) is 2.63. The predicted octanol–water partition coefficient (Wildman–Crippen LogP) is 2.87. The number of hydrogen-bond donors (Lipinski definition) is 1. The van der Waals surface area contributed by atoms with Crippen LogP contribution in [0.3, 0.4) is 0 Å². The van der Waals surface area contributed by atoms with E-state index in [1.54, 1.807) is 4.90 Å². The van der Waals surface area contributed by atoms with E-state index in [0.29, 0.717) is 18.8 Å². The van der Waals surface area contributed by atoms with Crippen molar-refractivity contribution in [2.75, 3.05) is 19.7 Å². The molecule has 0 radical (unpaired) electrons. The number of nitrogens with two attached hydrogens (primary N) is 1. The maximum Gasteiger partial charge on any atom is 0.260 e. The van der Waals surface area contributed by atoms with Crippen molar-refractivity contribution in [3.8, 4) is 5.75 Å². The number of piperidine rings is 1. The Labute approximate surface area is 141 Å². The topological polar surface area (TPSA) is 55.6 Å². The molecule has 22 heavy (non-hydrogen) atoms. The molecule has 1 heterocycles. The molecule has 1 aromatic carbocycles. The number of benzene rings is 1. The molecule has 0 bridgehead atoms. The van der Waals surface area contributed by atoms with Crippen LogP contribution >= 0.6 is 24.0 Å². The Kier molecular flexibility index (Phi) is 6.47. The zero-order chi connectivity index (χ0) is 15.6. The molecular weight excluding hydrogens is 330 g/mol. The molecule has 0 spiro atoms. The number of hydrogen-bond acceptors (Lipinski definition) is 3. The lowest BCUT2D eigenvalue weighted by molar-refractivity contribution is -0.136. The largest absolute Gasteiger partial charge is 0.482 e. The highest BCUT2D eigenvalue weighted by Crippen LogP contribution is 2.28. The van der Waals surface area contributed by atoms with Gasteiger partial charge in [-0.15, -0.1) is 12.4 Å². The van der Waals surface area contributed by atoms with E-state index < -0.39 is 5.82 Å². The zero-order valence-corrected chi connectivity index (χ0v) is 14.2. The van der Waals surface area contributed by atoms with Gasteiger partial charge in [-0.3, -0.25) is 4.79 Å². The van der Waals surface area contributed by atoms with Gasteiger partial charge in [-0.05, 0) is 30.0 Å². The maximum atomic E-state index is 12.9. The second kappa shape index (κ2) is 7.49. The number of carbonyl (C=O) groups is 1. The van der Waals surface area contributed by atoms with Crippen LogP contribution in [0.25, 0.3) is 0 Å². The number of halogens is 3. The molecule has 124 valence electrons. The van der Waals surface area contributed by atoms with Gasteiger partial charge in [0.2, 0.25) is 0 Å². The van der Waals surface area contributed by atoms with Gasteiger partial charge >= 0.3 is 0 Å². The molecule has 0 aromatic heterocycles. The number of amides is 1. The Morgan fingerprint density at radius 1 is 1.55 bits per heavy atom. The molecule has 0 aliphatic carbocycles. The van der Waals surface area contributed by atoms with Gasteiger partial charge in [0.1, 0.15) is 11.6 Å². The van der Waals surface area contributed by atoms with Crippen molar-refractivity contribution in [2.45, 2.75) is 26.3 Å². The SMILES string of the molecule is CC1(C)CN(C(=O)COc2ccc(F)cc2Cl)CCC1N.Cl. The van der Waals surface area contributed by atoms with Crippen molar-refractivity contribution < 1.29 is 13.9 Å². The molecule has 1 fully saturated rings. The van der Waals surface area contributed by atoms with Crippen LogP contribution in [-0.2, 0) is 4.79 Å². The quantitative estimate of drug-likeness (QED) is 0.911. The van der Waals surface area contributed by atoms with E-state index in [1.165, 1.54) is 12.1 Å². The summed E-state index contributed by atoms with van der Waals surface area (Å²) in [6.07, 6.45) is 0.774. The molecule has 1 amide bonds. The Hall–Kier alpha value is -1.04. The average molecular weight is 351 g/mol. The van der Waals surface area contributed by atoms with Gasteiger partial charge in [0, 0.05) is 19.1 Å². The minimum absolute atomic E-state index is 0. The van der Waals surface area contributed by atoms with Crippen LogP contribution in [0, 0.1) is 11.2 Å². The van der Waals surface area contributed by atoms with Crippen molar-refractivity contribution in [2.24, 2.45) is 11.1 Å². The van der Waals surface area contributed by atoms with E-state index in [0.717, 1.165) is 12.5 Å². The lowest BCUT2D eigenvalue weighted by atomic mass is 9.80. The molecule has 1 aliphatic heterocycles. The first-order chi connectivity index (χ1) is 9.79. The summed E-state index contributed by atoms with van der Waals surface area (Å²) in [4.78, 5) is 13.9. The third kappa shape index (κ3) is 4.48.